The van der Waals surface area contributed by atoms with Gasteiger partial charge in [-0.15, -0.1) is 0 Å². The average Bonchev–Trinajstić information content (AvgIpc) is 1.69. The summed E-state index contributed by atoms with van der Waals surface area (Å²) in [5.74, 6) is 0. The van der Waals surface area contributed by atoms with Crippen LogP contribution in [0, 0.1) is 6.07 Å². The Kier molecular flexibility index (Phi) is 9.49. The molecule has 0 radical (unpaired) electrons. The summed E-state index contributed by atoms with van der Waals surface area (Å²) in [5.41, 5.74) is 0. The summed E-state index contributed by atoms with van der Waals surface area (Å²) in [6, 6.07) is 10.5. The molecule has 0 saturated carbocycles. The van der Waals surface area contributed by atoms with Crippen molar-refractivity contribution in [3.8, 4) is 0 Å². The Hall–Kier alpha value is 0.756. The van der Waals surface area contributed by atoms with Gasteiger partial charge in [0.25, 0.3) is 0 Å². The van der Waals surface area contributed by atoms with E-state index < -0.39 is 0 Å². The third-order valence-electron chi connectivity index (χ3n) is 0.678. The van der Waals surface area contributed by atoms with Gasteiger partial charge in [-0.25, -0.2) is 0 Å². The van der Waals surface area contributed by atoms with Gasteiger partial charge in [0, 0.05) is 0 Å². The fourth-order valence-electron chi connectivity index (χ4n) is 0.367. The zero-order chi connectivity index (χ0) is 5.11. The molecule has 0 aliphatic heterocycles. The number of hydrogen-bond acceptors (Lipinski definition) is 0. The second kappa shape index (κ2) is 6.87. The molecule has 0 aromatic heterocycles. The molecule has 9 heavy (non-hydrogen) atoms. The zero-order valence-electron chi connectivity index (χ0n) is 4.77. The van der Waals surface area contributed by atoms with Crippen molar-refractivity contribution in [1.82, 2.24) is 0 Å². The van der Waals surface area contributed by atoms with Crippen LogP contribution in [0.3, 0.4) is 0 Å². The monoisotopic (exact) mass is 214 g/mol. The molecule has 0 saturated heterocycles. The minimum Gasteiger partial charge on any atom is -1.00 e. The molecular formula is C6H4BrClMg. The van der Waals surface area contributed by atoms with Crippen molar-refractivity contribution in [2.75, 3.05) is 0 Å². The van der Waals surface area contributed by atoms with Crippen LogP contribution in [-0.4, -0.2) is 23.1 Å². The van der Waals surface area contributed by atoms with Gasteiger partial charge >= 0.3 is 23.1 Å². The first-order chi connectivity index (χ1) is 3.39. The van der Waals surface area contributed by atoms with Crippen LogP contribution in [0.1, 0.15) is 0 Å². The molecule has 44 valence electrons. The molecule has 0 amide bonds. The SMILES string of the molecule is Brc1cc[c-]cc1.[Cl-].[Mg+2]. The van der Waals surface area contributed by atoms with E-state index in [1.165, 1.54) is 0 Å². The van der Waals surface area contributed by atoms with Crippen molar-refractivity contribution in [3.05, 3.63) is 34.8 Å². The van der Waals surface area contributed by atoms with Crippen molar-refractivity contribution in [3.63, 3.8) is 0 Å². The summed E-state index contributed by atoms with van der Waals surface area (Å²) in [5, 5.41) is 0. The molecule has 0 nitrogen and oxygen atoms in total. The van der Waals surface area contributed by atoms with Gasteiger partial charge in [-0.1, -0.05) is 20.4 Å². The standard InChI is InChI=1S/C6H4Br.ClH.Mg/c7-6-4-2-1-3-5-6;;/h2-5H;1H;/q-1;;+2/p-1. The van der Waals surface area contributed by atoms with Gasteiger partial charge in [-0.05, 0) is 0 Å². The maximum absolute atomic E-state index is 3.29. The molecule has 0 atom stereocenters. The van der Waals surface area contributed by atoms with Crippen molar-refractivity contribution in [2.45, 2.75) is 0 Å². The van der Waals surface area contributed by atoms with Crippen LogP contribution in [0.25, 0.3) is 0 Å². The topological polar surface area (TPSA) is 0 Å². The average molecular weight is 216 g/mol. The van der Waals surface area contributed by atoms with Crippen molar-refractivity contribution in [2.24, 2.45) is 0 Å². The molecule has 1 rings (SSSR count). The van der Waals surface area contributed by atoms with Crippen molar-refractivity contribution < 1.29 is 12.4 Å². The first-order valence-electron chi connectivity index (χ1n) is 2.01. The molecule has 0 fully saturated rings. The zero-order valence-corrected chi connectivity index (χ0v) is 8.53. The van der Waals surface area contributed by atoms with Crippen LogP contribution in [0.15, 0.2) is 28.7 Å². The third kappa shape index (κ3) is 5.21. The Balaban J connectivity index is 0. The first-order valence-corrected chi connectivity index (χ1v) is 2.80. The second-order valence-electron chi connectivity index (χ2n) is 1.22. The minimum absolute atomic E-state index is 0. The van der Waals surface area contributed by atoms with E-state index in [4.69, 9.17) is 0 Å². The normalized spacial score (nSPS) is 6.78. The predicted molar refractivity (Wildman–Crippen MR) is 38.7 cm³/mol. The molecule has 0 bridgehead atoms. The summed E-state index contributed by atoms with van der Waals surface area (Å²) in [6.45, 7) is 0. The number of benzene rings is 1. The van der Waals surface area contributed by atoms with Gasteiger partial charge in [-0.3, -0.25) is 0 Å². The van der Waals surface area contributed by atoms with E-state index >= 15 is 0 Å². The van der Waals surface area contributed by atoms with Gasteiger partial charge in [-0.2, -0.15) is 30.3 Å². The molecular weight excluding hydrogens is 212 g/mol. The van der Waals surface area contributed by atoms with E-state index in [0.29, 0.717) is 0 Å². The molecule has 0 aliphatic carbocycles. The van der Waals surface area contributed by atoms with Crippen molar-refractivity contribution >= 4 is 39.0 Å². The summed E-state index contributed by atoms with van der Waals surface area (Å²) >= 11 is 3.29. The molecule has 1 aromatic carbocycles. The summed E-state index contributed by atoms with van der Waals surface area (Å²) in [4.78, 5) is 0. The fourth-order valence-corrected chi connectivity index (χ4v) is 0.631. The summed E-state index contributed by atoms with van der Waals surface area (Å²) in [7, 11) is 0. The number of halogens is 2. The van der Waals surface area contributed by atoms with Gasteiger partial charge in [0.05, 0.1) is 0 Å². The van der Waals surface area contributed by atoms with Gasteiger partial charge in [0.15, 0.2) is 0 Å². The van der Waals surface area contributed by atoms with Crippen molar-refractivity contribution in [1.29, 1.82) is 0 Å². The Morgan fingerprint density at radius 2 is 1.67 bits per heavy atom. The Morgan fingerprint density at radius 1 is 1.22 bits per heavy atom. The van der Waals surface area contributed by atoms with Gasteiger partial charge < -0.3 is 12.4 Å². The van der Waals surface area contributed by atoms with Crippen LogP contribution in [0.5, 0.6) is 0 Å². The van der Waals surface area contributed by atoms with Crippen LogP contribution >= 0.6 is 15.9 Å². The van der Waals surface area contributed by atoms with E-state index in [-0.39, 0.29) is 35.5 Å². The number of rotatable bonds is 0. The Bertz CT molecular complexity index is 143. The number of hydrogen-bond donors (Lipinski definition) is 0. The predicted octanol–water partition coefficient (Wildman–Crippen LogP) is -1.13. The molecule has 0 spiro atoms. The molecule has 1 aromatic rings. The molecule has 0 N–H and O–H groups in total. The Labute approximate surface area is 85.7 Å². The smallest absolute Gasteiger partial charge is 1.00 e. The van der Waals surface area contributed by atoms with Gasteiger partial charge in [0.1, 0.15) is 0 Å². The van der Waals surface area contributed by atoms with E-state index in [9.17, 15) is 0 Å². The van der Waals surface area contributed by atoms with E-state index in [0.717, 1.165) is 4.47 Å². The molecule has 0 aliphatic rings. The van der Waals surface area contributed by atoms with Gasteiger partial charge in [0.2, 0.25) is 0 Å². The second-order valence-corrected chi connectivity index (χ2v) is 2.13. The molecule has 3 heteroatoms. The fraction of sp³-hybridized carbons (Fsp3) is 0. The maximum atomic E-state index is 3.29. The first kappa shape index (κ1) is 12.4. The summed E-state index contributed by atoms with van der Waals surface area (Å²) in [6.07, 6.45) is 0. The molecule has 0 heterocycles. The Morgan fingerprint density at radius 3 is 1.89 bits per heavy atom. The van der Waals surface area contributed by atoms with Crippen LogP contribution in [-0.2, 0) is 0 Å². The quantitative estimate of drug-likeness (QED) is 0.380. The maximum Gasteiger partial charge on any atom is 2.00 e. The third-order valence-corrected chi connectivity index (χ3v) is 1.21. The van der Waals surface area contributed by atoms with E-state index in [1.807, 2.05) is 24.3 Å². The summed E-state index contributed by atoms with van der Waals surface area (Å²) < 4.78 is 1.10. The minimum atomic E-state index is 0. The van der Waals surface area contributed by atoms with Crippen LogP contribution < -0.4 is 12.4 Å². The van der Waals surface area contributed by atoms with E-state index in [1.54, 1.807) is 0 Å². The van der Waals surface area contributed by atoms with E-state index in [2.05, 4.69) is 22.0 Å². The molecule has 0 unspecified atom stereocenters. The van der Waals surface area contributed by atoms with Crippen LogP contribution in [0.2, 0.25) is 0 Å². The van der Waals surface area contributed by atoms with Crippen LogP contribution in [0.4, 0.5) is 0 Å². The largest absolute Gasteiger partial charge is 2.00 e.